The zero-order chi connectivity index (χ0) is 24.6. The minimum Gasteiger partial charge on any atom is -0.466 e. The number of hydrogen-bond acceptors (Lipinski definition) is 6. The Bertz CT molecular complexity index is 961. The summed E-state index contributed by atoms with van der Waals surface area (Å²) in [5.41, 5.74) is -2.91. The third-order valence-corrected chi connectivity index (χ3v) is 10.1. The number of halogens is 2. The fraction of sp³-hybridized carbons (Fsp3) is 0.720. The first kappa shape index (κ1) is 24.4. The maximum absolute atomic E-state index is 15.6. The number of carbonyl (C=O) groups excluding carboxylic acids is 3. The highest BCUT2D eigenvalue weighted by Crippen LogP contribution is 2.72. The van der Waals surface area contributed by atoms with Gasteiger partial charge in [-0.25, -0.2) is 14.0 Å². The molecule has 9 atom stereocenters. The van der Waals surface area contributed by atoms with E-state index in [0.717, 1.165) is 0 Å². The van der Waals surface area contributed by atoms with Gasteiger partial charge in [0, 0.05) is 16.7 Å². The van der Waals surface area contributed by atoms with Gasteiger partial charge < -0.3 is 14.6 Å². The van der Waals surface area contributed by atoms with Gasteiger partial charge in [0.2, 0.25) is 5.60 Å². The summed E-state index contributed by atoms with van der Waals surface area (Å²) < 4.78 is 26.5. The molecule has 4 aliphatic carbocycles. The number of alkyl halides is 2. The van der Waals surface area contributed by atoms with Crippen molar-refractivity contribution in [2.45, 2.75) is 76.1 Å². The first-order chi connectivity index (χ1) is 15.3. The molecule has 8 heteroatoms. The number of rotatable bonds is 3. The Morgan fingerprint density at radius 1 is 1.24 bits per heavy atom. The largest absolute Gasteiger partial charge is 0.466 e. The summed E-state index contributed by atoms with van der Waals surface area (Å²) in [5.74, 6) is -2.79. The predicted octanol–water partition coefficient (Wildman–Crippen LogP) is 3.69. The van der Waals surface area contributed by atoms with Gasteiger partial charge in [0.05, 0.1) is 12.0 Å². The minimum atomic E-state index is -1.61. The van der Waals surface area contributed by atoms with Crippen molar-refractivity contribution in [2.24, 2.45) is 28.6 Å². The van der Waals surface area contributed by atoms with Crippen LogP contribution >= 0.6 is 11.6 Å². The Labute approximate surface area is 198 Å². The van der Waals surface area contributed by atoms with Gasteiger partial charge in [-0.2, -0.15) is 0 Å². The van der Waals surface area contributed by atoms with Crippen molar-refractivity contribution in [3.63, 3.8) is 0 Å². The summed E-state index contributed by atoms with van der Waals surface area (Å²) in [6.07, 6.45) is 3.30. The van der Waals surface area contributed by atoms with Crippen molar-refractivity contribution in [3.05, 3.63) is 23.8 Å². The molecule has 0 aliphatic heterocycles. The molecule has 3 fully saturated rings. The van der Waals surface area contributed by atoms with Gasteiger partial charge in [0.15, 0.2) is 5.78 Å². The number of hydrogen-bond donors (Lipinski definition) is 1. The third-order valence-electron chi connectivity index (χ3n) is 9.28. The van der Waals surface area contributed by atoms with Gasteiger partial charge in [0.25, 0.3) is 0 Å². The number of ether oxygens (including phenoxy) is 2. The predicted molar refractivity (Wildman–Crippen MR) is 119 cm³/mol. The molecular formula is C25H32ClFO6. The molecule has 0 bridgehead atoms. The van der Waals surface area contributed by atoms with Gasteiger partial charge in [-0.05, 0) is 62.2 Å². The fourth-order valence-electron chi connectivity index (χ4n) is 7.50. The van der Waals surface area contributed by atoms with Crippen LogP contribution in [0.5, 0.6) is 0 Å². The van der Waals surface area contributed by atoms with Crippen molar-refractivity contribution >= 4 is 29.3 Å². The molecule has 0 aromatic heterocycles. The van der Waals surface area contributed by atoms with E-state index in [1.165, 1.54) is 26.2 Å². The molecule has 0 saturated heterocycles. The molecule has 0 spiro atoms. The Morgan fingerprint density at radius 2 is 1.91 bits per heavy atom. The third kappa shape index (κ3) is 2.97. The Balaban J connectivity index is 1.83. The fourth-order valence-corrected chi connectivity index (χ4v) is 8.00. The van der Waals surface area contributed by atoms with E-state index in [1.807, 2.05) is 20.8 Å². The topological polar surface area (TPSA) is 89.9 Å². The molecule has 33 heavy (non-hydrogen) atoms. The SMILES string of the molecule is COC(=O)[C@@]1(OC(=O)C(C)O)[C@H](C)C[C@H]2[C@@H]3C[C@H](F)C4=CC(=O)C=C[C@]4(C)[C@@]3(Cl)CC[C@@]21C. The molecule has 0 radical (unpaired) electrons. The van der Waals surface area contributed by atoms with Crippen molar-refractivity contribution in [3.8, 4) is 0 Å². The second kappa shape index (κ2) is 7.64. The minimum absolute atomic E-state index is 0.126. The van der Waals surface area contributed by atoms with Crippen molar-refractivity contribution < 1.29 is 33.4 Å². The average molecular weight is 483 g/mol. The highest BCUT2D eigenvalue weighted by Gasteiger charge is 2.75. The second-order valence-electron chi connectivity index (χ2n) is 10.7. The summed E-state index contributed by atoms with van der Waals surface area (Å²) in [4.78, 5) is 36.9. The number of aliphatic hydroxyl groups excluding tert-OH is 1. The Kier molecular flexibility index (Phi) is 5.65. The summed E-state index contributed by atoms with van der Waals surface area (Å²) in [6, 6.07) is 0. The molecule has 1 N–H and O–H groups in total. The van der Waals surface area contributed by atoms with E-state index in [0.29, 0.717) is 24.8 Å². The monoisotopic (exact) mass is 482 g/mol. The maximum Gasteiger partial charge on any atom is 0.351 e. The van der Waals surface area contributed by atoms with E-state index in [2.05, 4.69) is 0 Å². The highest BCUT2D eigenvalue weighted by atomic mass is 35.5. The molecular weight excluding hydrogens is 451 g/mol. The van der Waals surface area contributed by atoms with Crippen LogP contribution in [0.1, 0.15) is 53.4 Å². The molecule has 4 aliphatic rings. The van der Waals surface area contributed by atoms with Crippen molar-refractivity contribution in [2.75, 3.05) is 7.11 Å². The summed E-state index contributed by atoms with van der Waals surface area (Å²) in [7, 11) is 1.25. The number of allylic oxidation sites excluding steroid dienone is 4. The van der Waals surface area contributed by atoms with Crippen LogP contribution in [-0.4, -0.2) is 52.7 Å². The lowest BCUT2D eigenvalue weighted by Crippen LogP contribution is -2.66. The zero-order valence-corrected chi connectivity index (χ0v) is 20.4. The van der Waals surface area contributed by atoms with Gasteiger partial charge in [-0.3, -0.25) is 4.79 Å². The molecule has 182 valence electrons. The normalized spacial score (nSPS) is 47.0. The molecule has 4 rings (SSSR count). The Hall–Kier alpha value is -1.73. The van der Waals surface area contributed by atoms with Crippen molar-refractivity contribution in [1.29, 1.82) is 0 Å². The van der Waals surface area contributed by atoms with E-state index in [1.54, 1.807) is 6.08 Å². The first-order valence-corrected chi connectivity index (χ1v) is 11.9. The van der Waals surface area contributed by atoms with Gasteiger partial charge in [-0.1, -0.05) is 26.8 Å². The van der Waals surface area contributed by atoms with Crippen molar-refractivity contribution in [1.82, 2.24) is 0 Å². The second-order valence-corrected chi connectivity index (χ2v) is 11.4. The summed E-state index contributed by atoms with van der Waals surface area (Å²) in [5, 5.41) is 9.83. The van der Waals surface area contributed by atoms with Crippen LogP contribution in [0.2, 0.25) is 0 Å². The number of carbonyl (C=O) groups is 3. The molecule has 0 amide bonds. The van der Waals surface area contributed by atoms with Gasteiger partial charge in [0.1, 0.15) is 12.3 Å². The van der Waals surface area contributed by atoms with E-state index in [-0.39, 0.29) is 24.0 Å². The number of ketones is 1. The molecule has 0 aromatic carbocycles. The standard InChI is InChI=1S/C25H32ClFO6/c1-13-10-16-17-12-19(27)18-11-15(29)6-7-22(18,3)24(17,26)9-8-23(16,4)25(13,21(31)32-5)33-20(30)14(2)28/h6-7,11,13-14,16-17,19,28H,8-10,12H2,1-5H3/t13-,14?,16+,17+,19+,22+,23+,24-,25+/m1/s1. The average Bonchev–Trinajstić information content (AvgIpc) is 2.98. The number of methoxy groups -OCH3 is 1. The van der Waals surface area contributed by atoms with Crippen LogP contribution in [0.3, 0.4) is 0 Å². The van der Waals surface area contributed by atoms with Gasteiger partial charge in [-0.15, -0.1) is 11.6 Å². The summed E-state index contributed by atoms with van der Waals surface area (Å²) in [6.45, 7) is 6.89. The molecule has 3 saturated carbocycles. The zero-order valence-electron chi connectivity index (χ0n) is 19.7. The molecule has 0 aromatic rings. The smallest absolute Gasteiger partial charge is 0.351 e. The van der Waals surface area contributed by atoms with E-state index < -0.39 is 51.4 Å². The number of esters is 2. The molecule has 1 unspecified atom stereocenters. The van der Waals surface area contributed by atoms with E-state index in [4.69, 9.17) is 21.1 Å². The molecule has 6 nitrogen and oxygen atoms in total. The van der Waals surface area contributed by atoms with E-state index in [9.17, 15) is 19.5 Å². The first-order valence-electron chi connectivity index (χ1n) is 11.6. The summed E-state index contributed by atoms with van der Waals surface area (Å²) >= 11 is 7.41. The number of aliphatic hydroxyl groups is 1. The van der Waals surface area contributed by atoms with Crippen LogP contribution in [0.15, 0.2) is 23.8 Å². The van der Waals surface area contributed by atoms with Crippen LogP contribution in [0, 0.1) is 28.6 Å². The van der Waals surface area contributed by atoms with Crippen LogP contribution < -0.4 is 0 Å². The maximum atomic E-state index is 15.6. The van der Waals surface area contributed by atoms with Gasteiger partial charge >= 0.3 is 11.9 Å². The lowest BCUT2D eigenvalue weighted by atomic mass is 9.46. The quantitative estimate of drug-likeness (QED) is 0.487. The van der Waals surface area contributed by atoms with Crippen LogP contribution in [0.25, 0.3) is 0 Å². The lowest BCUT2D eigenvalue weighted by Gasteiger charge is -2.62. The van der Waals surface area contributed by atoms with Crippen LogP contribution in [-0.2, 0) is 23.9 Å². The number of fused-ring (bicyclic) bond motifs is 5. The van der Waals surface area contributed by atoms with E-state index >= 15 is 4.39 Å². The lowest BCUT2D eigenvalue weighted by molar-refractivity contribution is -0.212. The molecule has 0 heterocycles. The van der Waals surface area contributed by atoms with Crippen LogP contribution in [0.4, 0.5) is 4.39 Å². The Morgan fingerprint density at radius 3 is 2.52 bits per heavy atom. The highest BCUT2D eigenvalue weighted by molar-refractivity contribution is 6.25.